The van der Waals surface area contributed by atoms with Crippen LogP contribution in [0.2, 0.25) is 0 Å². The molecular formula is C15H24N2O. The molecule has 1 aromatic carbocycles. The van der Waals surface area contributed by atoms with Crippen LogP contribution in [0.3, 0.4) is 0 Å². The Morgan fingerprint density at radius 1 is 1.39 bits per heavy atom. The van der Waals surface area contributed by atoms with Gasteiger partial charge in [-0.05, 0) is 24.6 Å². The van der Waals surface area contributed by atoms with E-state index < -0.39 is 0 Å². The predicted octanol–water partition coefficient (Wildman–Crippen LogP) is 2.39. The summed E-state index contributed by atoms with van der Waals surface area (Å²) >= 11 is 0. The zero-order valence-electron chi connectivity index (χ0n) is 11.9. The number of piperazine rings is 1. The fourth-order valence-electron chi connectivity index (χ4n) is 2.49. The number of likely N-dealkylation sites (N-methyl/N-ethyl adjacent to an activating group) is 1. The summed E-state index contributed by atoms with van der Waals surface area (Å²) in [5.74, 6) is 1.54. The SMILES string of the molecule is COc1ccc(C(C)C)cc1C1CN(C)CCN1. The topological polar surface area (TPSA) is 24.5 Å². The molecule has 0 saturated carbocycles. The number of ether oxygens (including phenoxy) is 1. The molecule has 1 aromatic rings. The van der Waals surface area contributed by atoms with Gasteiger partial charge in [0.1, 0.15) is 5.75 Å². The Morgan fingerprint density at radius 2 is 2.17 bits per heavy atom. The number of nitrogens with one attached hydrogen (secondary N) is 1. The van der Waals surface area contributed by atoms with E-state index >= 15 is 0 Å². The summed E-state index contributed by atoms with van der Waals surface area (Å²) in [6, 6.07) is 6.93. The molecule has 2 rings (SSSR count). The highest BCUT2D eigenvalue weighted by Crippen LogP contribution is 2.30. The minimum absolute atomic E-state index is 0.373. The van der Waals surface area contributed by atoms with Crippen LogP contribution in [-0.2, 0) is 0 Å². The fraction of sp³-hybridized carbons (Fsp3) is 0.600. The van der Waals surface area contributed by atoms with Crippen molar-refractivity contribution in [2.75, 3.05) is 33.8 Å². The molecule has 1 atom stereocenters. The first-order valence-electron chi connectivity index (χ1n) is 6.71. The summed E-state index contributed by atoms with van der Waals surface area (Å²) in [5.41, 5.74) is 2.66. The summed E-state index contributed by atoms with van der Waals surface area (Å²) in [5, 5.41) is 3.58. The quantitative estimate of drug-likeness (QED) is 0.889. The average molecular weight is 248 g/mol. The number of hydrogen-bond acceptors (Lipinski definition) is 3. The van der Waals surface area contributed by atoms with Crippen molar-refractivity contribution in [3.63, 3.8) is 0 Å². The highest BCUT2D eigenvalue weighted by atomic mass is 16.5. The van der Waals surface area contributed by atoms with Crippen LogP contribution in [0.5, 0.6) is 5.75 Å². The van der Waals surface area contributed by atoms with Gasteiger partial charge in [-0.2, -0.15) is 0 Å². The molecule has 18 heavy (non-hydrogen) atoms. The highest BCUT2D eigenvalue weighted by Gasteiger charge is 2.21. The van der Waals surface area contributed by atoms with Crippen LogP contribution in [0.15, 0.2) is 18.2 Å². The van der Waals surface area contributed by atoms with Crippen molar-refractivity contribution >= 4 is 0 Å². The lowest BCUT2D eigenvalue weighted by Gasteiger charge is -2.32. The summed E-state index contributed by atoms with van der Waals surface area (Å²) in [6.07, 6.45) is 0. The van der Waals surface area contributed by atoms with Gasteiger partial charge in [0.25, 0.3) is 0 Å². The standard InChI is InChI=1S/C15H24N2O/c1-11(2)12-5-6-15(18-4)13(9-12)14-10-17(3)8-7-16-14/h5-6,9,11,14,16H,7-8,10H2,1-4H3. The molecule has 1 N–H and O–H groups in total. The Bertz CT molecular complexity index is 403. The Kier molecular flexibility index (Phi) is 4.25. The molecule has 1 fully saturated rings. The molecule has 1 heterocycles. The molecule has 1 aliphatic rings. The van der Waals surface area contributed by atoms with E-state index in [0.717, 1.165) is 25.4 Å². The second-order valence-electron chi connectivity index (χ2n) is 5.43. The normalized spacial score (nSPS) is 21.3. The van der Waals surface area contributed by atoms with Crippen molar-refractivity contribution in [3.8, 4) is 5.75 Å². The van der Waals surface area contributed by atoms with Gasteiger partial charge in [0, 0.05) is 31.2 Å². The van der Waals surface area contributed by atoms with Crippen LogP contribution < -0.4 is 10.1 Å². The monoisotopic (exact) mass is 248 g/mol. The molecule has 3 heteroatoms. The van der Waals surface area contributed by atoms with Crippen LogP contribution >= 0.6 is 0 Å². The van der Waals surface area contributed by atoms with Crippen molar-refractivity contribution in [1.29, 1.82) is 0 Å². The Labute approximate surface area is 110 Å². The number of methoxy groups -OCH3 is 1. The molecule has 0 bridgehead atoms. The molecule has 0 radical (unpaired) electrons. The number of nitrogens with zero attached hydrogens (tertiary/aromatic N) is 1. The molecular weight excluding hydrogens is 224 g/mol. The van der Waals surface area contributed by atoms with Gasteiger partial charge in [-0.1, -0.05) is 26.0 Å². The average Bonchev–Trinajstić information content (AvgIpc) is 2.38. The van der Waals surface area contributed by atoms with Gasteiger partial charge >= 0.3 is 0 Å². The van der Waals surface area contributed by atoms with E-state index in [-0.39, 0.29) is 0 Å². The van der Waals surface area contributed by atoms with Crippen molar-refractivity contribution < 1.29 is 4.74 Å². The van der Waals surface area contributed by atoms with Gasteiger partial charge in [-0.15, -0.1) is 0 Å². The van der Waals surface area contributed by atoms with Gasteiger partial charge in [0.15, 0.2) is 0 Å². The van der Waals surface area contributed by atoms with Crippen LogP contribution in [0.25, 0.3) is 0 Å². The third-order valence-electron chi connectivity index (χ3n) is 3.67. The first kappa shape index (κ1) is 13.4. The summed E-state index contributed by atoms with van der Waals surface area (Å²) < 4.78 is 5.51. The maximum atomic E-state index is 5.51. The number of hydrogen-bond donors (Lipinski definition) is 1. The van der Waals surface area contributed by atoms with Crippen LogP contribution in [0.1, 0.15) is 36.9 Å². The largest absolute Gasteiger partial charge is 0.496 e. The van der Waals surface area contributed by atoms with Gasteiger partial charge < -0.3 is 15.0 Å². The first-order chi connectivity index (χ1) is 8.61. The minimum atomic E-state index is 0.373. The van der Waals surface area contributed by atoms with E-state index in [1.54, 1.807) is 7.11 Å². The maximum Gasteiger partial charge on any atom is 0.123 e. The molecule has 0 aliphatic carbocycles. The summed E-state index contributed by atoms with van der Waals surface area (Å²) in [4.78, 5) is 2.36. The van der Waals surface area contributed by atoms with Crippen molar-refractivity contribution in [1.82, 2.24) is 10.2 Å². The predicted molar refractivity (Wildman–Crippen MR) is 75.3 cm³/mol. The van der Waals surface area contributed by atoms with E-state index in [2.05, 4.69) is 49.3 Å². The Balaban J connectivity index is 2.31. The molecule has 1 saturated heterocycles. The number of rotatable bonds is 3. The third-order valence-corrected chi connectivity index (χ3v) is 3.67. The molecule has 1 unspecified atom stereocenters. The zero-order chi connectivity index (χ0) is 13.1. The fourth-order valence-corrected chi connectivity index (χ4v) is 2.49. The molecule has 1 aliphatic heterocycles. The molecule has 3 nitrogen and oxygen atoms in total. The zero-order valence-corrected chi connectivity index (χ0v) is 11.9. The minimum Gasteiger partial charge on any atom is -0.496 e. The summed E-state index contributed by atoms with van der Waals surface area (Å²) in [7, 11) is 3.92. The van der Waals surface area contributed by atoms with Crippen molar-refractivity contribution in [3.05, 3.63) is 29.3 Å². The van der Waals surface area contributed by atoms with Crippen molar-refractivity contribution in [2.24, 2.45) is 0 Å². The second-order valence-corrected chi connectivity index (χ2v) is 5.43. The van der Waals surface area contributed by atoms with E-state index in [1.807, 2.05) is 0 Å². The van der Waals surface area contributed by atoms with Crippen LogP contribution in [0.4, 0.5) is 0 Å². The van der Waals surface area contributed by atoms with Gasteiger partial charge in [-0.25, -0.2) is 0 Å². The van der Waals surface area contributed by atoms with Crippen LogP contribution in [-0.4, -0.2) is 38.7 Å². The highest BCUT2D eigenvalue weighted by molar-refractivity contribution is 5.41. The van der Waals surface area contributed by atoms with Gasteiger partial charge in [0.2, 0.25) is 0 Å². The smallest absolute Gasteiger partial charge is 0.123 e. The van der Waals surface area contributed by atoms with Crippen LogP contribution in [0, 0.1) is 0 Å². The van der Waals surface area contributed by atoms with Gasteiger partial charge in [0.05, 0.1) is 7.11 Å². The molecule has 100 valence electrons. The van der Waals surface area contributed by atoms with E-state index in [4.69, 9.17) is 4.74 Å². The lowest BCUT2D eigenvalue weighted by Crippen LogP contribution is -2.43. The molecule has 0 spiro atoms. The molecule has 0 aromatic heterocycles. The van der Waals surface area contributed by atoms with E-state index in [1.165, 1.54) is 11.1 Å². The lowest BCUT2D eigenvalue weighted by molar-refractivity contribution is 0.237. The maximum absolute atomic E-state index is 5.51. The number of benzene rings is 1. The lowest BCUT2D eigenvalue weighted by atomic mass is 9.96. The van der Waals surface area contributed by atoms with E-state index in [9.17, 15) is 0 Å². The summed E-state index contributed by atoms with van der Waals surface area (Å²) in [6.45, 7) is 7.65. The van der Waals surface area contributed by atoms with Gasteiger partial charge in [-0.3, -0.25) is 0 Å². The first-order valence-corrected chi connectivity index (χ1v) is 6.71. The van der Waals surface area contributed by atoms with Crippen molar-refractivity contribution in [2.45, 2.75) is 25.8 Å². The Hall–Kier alpha value is -1.06. The van der Waals surface area contributed by atoms with E-state index in [0.29, 0.717) is 12.0 Å². The second kappa shape index (κ2) is 5.72. The Morgan fingerprint density at radius 3 is 2.78 bits per heavy atom. The molecule has 0 amide bonds. The third kappa shape index (κ3) is 2.85.